The molecule has 0 unspecified atom stereocenters. The summed E-state index contributed by atoms with van der Waals surface area (Å²) in [6, 6.07) is 1.81. The van der Waals surface area contributed by atoms with Crippen molar-refractivity contribution >= 4 is 5.78 Å². The molecule has 2 heterocycles. The van der Waals surface area contributed by atoms with Crippen LogP contribution in [-0.2, 0) is 17.6 Å². The number of phenols is 1. The molecule has 4 nitrogen and oxygen atoms in total. The smallest absolute Gasteiger partial charge is 0.171 e. The van der Waals surface area contributed by atoms with Crippen LogP contribution in [0.1, 0.15) is 41.8 Å². The third kappa shape index (κ3) is 1.74. The molecular formula is C15H18O4. The van der Waals surface area contributed by atoms with E-state index in [0.717, 1.165) is 11.1 Å². The largest absolute Gasteiger partial charge is 0.507 e. The van der Waals surface area contributed by atoms with Gasteiger partial charge < -0.3 is 14.6 Å². The van der Waals surface area contributed by atoms with Crippen molar-refractivity contribution in [2.24, 2.45) is 0 Å². The van der Waals surface area contributed by atoms with E-state index in [-0.39, 0.29) is 11.5 Å². The van der Waals surface area contributed by atoms with E-state index in [2.05, 4.69) is 0 Å². The molecule has 0 atom stereocenters. The Morgan fingerprint density at radius 3 is 2.58 bits per heavy atom. The molecule has 4 heteroatoms. The second kappa shape index (κ2) is 4.23. The summed E-state index contributed by atoms with van der Waals surface area (Å²) in [4.78, 5) is 12.4. The number of carbonyl (C=O) groups excluding carboxylic acids is 1. The van der Waals surface area contributed by atoms with Gasteiger partial charge in [0.25, 0.3) is 0 Å². The number of Topliss-reactive ketones (excluding diaryl/α,β-unsaturated/α-hetero) is 1. The molecule has 0 saturated carbocycles. The summed E-state index contributed by atoms with van der Waals surface area (Å²) in [5.74, 6) is 0.923. The lowest BCUT2D eigenvalue weighted by Gasteiger charge is -2.44. The standard InChI is InChI=1S/C15H18O4/c1-3-9-5-12-13(10(4-2)14(9)17)11(16)6-15(19-12)7-18-8-15/h5,17H,3-4,6-8H2,1-2H3. The van der Waals surface area contributed by atoms with E-state index in [4.69, 9.17) is 9.47 Å². The van der Waals surface area contributed by atoms with Crippen LogP contribution in [0.2, 0.25) is 0 Å². The normalized spacial score (nSPS) is 19.8. The lowest BCUT2D eigenvalue weighted by atomic mass is 9.85. The van der Waals surface area contributed by atoms with E-state index < -0.39 is 5.60 Å². The second-order valence-corrected chi connectivity index (χ2v) is 5.32. The average Bonchev–Trinajstić information content (AvgIpc) is 2.36. The van der Waals surface area contributed by atoms with Crippen LogP contribution in [0.5, 0.6) is 11.5 Å². The van der Waals surface area contributed by atoms with Gasteiger partial charge in [-0.2, -0.15) is 0 Å². The van der Waals surface area contributed by atoms with Crippen molar-refractivity contribution in [2.45, 2.75) is 38.7 Å². The van der Waals surface area contributed by atoms with Gasteiger partial charge >= 0.3 is 0 Å². The Morgan fingerprint density at radius 2 is 2.05 bits per heavy atom. The van der Waals surface area contributed by atoms with E-state index in [0.29, 0.717) is 43.8 Å². The van der Waals surface area contributed by atoms with Crippen LogP contribution in [-0.4, -0.2) is 29.7 Å². The van der Waals surface area contributed by atoms with Crippen molar-refractivity contribution in [2.75, 3.05) is 13.2 Å². The van der Waals surface area contributed by atoms with Gasteiger partial charge in [-0.25, -0.2) is 0 Å². The first-order valence-electron chi connectivity index (χ1n) is 6.78. The van der Waals surface area contributed by atoms with Crippen LogP contribution in [0.3, 0.4) is 0 Å². The highest BCUT2D eigenvalue weighted by molar-refractivity contribution is 6.02. The van der Waals surface area contributed by atoms with Gasteiger partial charge in [0.15, 0.2) is 11.4 Å². The van der Waals surface area contributed by atoms with Crippen molar-refractivity contribution in [1.82, 2.24) is 0 Å². The molecule has 0 bridgehead atoms. The van der Waals surface area contributed by atoms with Crippen LogP contribution in [0, 0.1) is 0 Å². The van der Waals surface area contributed by atoms with Crippen LogP contribution in [0.4, 0.5) is 0 Å². The molecule has 3 rings (SSSR count). The van der Waals surface area contributed by atoms with Crippen molar-refractivity contribution in [3.05, 3.63) is 22.8 Å². The highest BCUT2D eigenvalue weighted by atomic mass is 16.6. The zero-order valence-electron chi connectivity index (χ0n) is 11.3. The van der Waals surface area contributed by atoms with Crippen molar-refractivity contribution in [3.8, 4) is 11.5 Å². The number of fused-ring (bicyclic) bond motifs is 1. The molecule has 0 radical (unpaired) electrons. The van der Waals surface area contributed by atoms with Gasteiger partial charge in [0, 0.05) is 5.56 Å². The number of benzene rings is 1. The lowest BCUT2D eigenvalue weighted by Crippen LogP contribution is -2.57. The number of aromatic hydroxyl groups is 1. The topological polar surface area (TPSA) is 55.8 Å². The second-order valence-electron chi connectivity index (χ2n) is 5.32. The van der Waals surface area contributed by atoms with Crippen LogP contribution in [0.15, 0.2) is 6.07 Å². The Balaban J connectivity index is 2.15. The number of aryl methyl sites for hydroxylation is 1. The van der Waals surface area contributed by atoms with Gasteiger partial charge in [-0.05, 0) is 24.5 Å². The molecule has 1 aromatic rings. The van der Waals surface area contributed by atoms with Crippen molar-refractivity contribution in [1.29, 1.82) is 0 Å². The minimum Gasteiger partial charge on any atom is -0.507 e. The third-order valence-corrected chi connectivity index (χ3v) is 4.00. The maximum atomic E-state index is 12.4. The average molecular weight is 262 g/mol. The Hall–Kier alpha value is -1.55. The van der Waals surface area contributed by atoms with Gasteiger partial charge in [0.2, 0.25) is 0 Å². The first kappa shape index (κ1) is 12.5. The van der Waals surface area contributed by atoms with Gasteiger partial charge in [-0.3, -0.25) is 4.79 Å². The monoisotopic (exact) mass is 262 g/mol. The fourth-order valence-corrected chi connectivity index (χ4v) is 2.90. The zero-order valence-corrected chi connectivity index (χ0v) is 11.3. The number of hydrogen-bond acceptors (Lipinski definition) is 4. The summed E-state index contributed by atoms with van der Waals surface area (Å²) >= 11 is 0. The summed E-state index contributed by atoms with van der Waals surface area (Å²) in [6.45, 7) is 4.87. The molecule has 0 aromatic heterocycles. The quantitative estimate of drug-likeness (QED) is 0.888. The molecule has 1 aromatic carbocycles. The predicted molar refractivity (Wildman–Crippen MR) is 70.0 cm³/mol. The molecule has 0 amide bonds. The van der Waals surface area contributed by atoms with Crippen LogP contribution in [0.25, 0.3) is 0 Å². The maximum Gasteiger partial charge on any atom is 0.171 e. The Kier molecular flexibility index (Phi) is 2.78. The molecule has 1 fully saturated rings. The van der Waals surface area contributed by atoms with Crippen LogP contribution >= 0.6 is 0 Å². The summed E-state index contributed by atoms with van der Waals surface area (Å²) < 4.78 is 11.2. The maximum absolute atomic E-state index is 12.4. The van der Waals surface area contributed by atoms with E-state index in [1.807, 2.05) is 13.8 Å². The molecule has 102 valence electrons. The first-order chi connectivity index (χ1) is 9.10. The SMILES string of the molecule is CCc1cc2c(c(CC)c1O)C(=O)CC1(COC1)O2. The minimum absolute atomic E-state index is 0.0550. The molecule has 0 aliphatic carbocycles. The zero-order chi connectivity index (χ0) is 13.6. The fourth-order valence-electron chi connectivity index (χ4n) is 2.90. The number of phenolic OH excluding ortho intramolecular Hbond substituents is 1. The van der Waals surface area contributed by atoms with Gasteiger partial charge in [0.05, 0.1) is 25.2 Å². The van der Waals surface area contributed by atoms with Crippen molar-refractivity contribution in [3.63, 3.8) is 0 Å². The molecule has 1 spiro atoms. The molecule has 19 heavy (non-hydrogen) atoms. The predicted octanol–water partition coefficient (Wildman–Crippen LogP) is 2.25. The van der Waals surface area contributed by atoms with E-state index in [1.165, 1.54) is 0 Å². The number of ketones is 1. The summed E-state index contributed by atoms with van der Waals surface area (Å²) in [5, 5.41) is 10.2. The highest BCUT2D eigenvalue weighted by Crippen LogP contribution is 2.43. The fraction of sp³-hybridized carbons (Fsp3) is 0.533. The summed E-state index contributed by atoms with van der Waals surface area (Å²) in [6.07, 6.45) is 1.69. The van der Waals surface area contributed by atoms with Gasteiger partial charge in [0.1, 0.15) is 11.5 Å². The number of carbonyl (C=O) groups is 1. The molecule has 2 aliphatic rings. The Morgan fingerprint density at radius 1 is 1.32 bits per heavy atom. The van der Waals surface area contributed by atoms with E-state index >= 15 is 0 Å². The minimum atomic E-state index is -0.461. The number of rotatable bonds is 2. The van der Waals surface area contributed by atoms with Gasteiger partial charge in [-0.15, -0.1) is 0 Å². The van der Waals surface area contributed by atoms with Crippen molar-refractivity contribution < 1.29 is 19.4 Å². The molecular weight excluding hydrogens is 244 g/mol. The Labute approximate surface area is 112 Å². The first-order valence-corrected chi connectivity index (χ1v) is 6.78. The van der Waals surface area contributed by atoms with E-state index in [9.17, 15) is 9.90 Å². The number of hydrogen-bond donors (Lipinski definition) is 1. The van der Waals surface area contributed by atoms with E-state index in [1.54, 1.807) is 6.07 Å². The Bertz CT molecular complexity index is 544. The van der Waals surface area contributed by atoms with Gasteiger partial charge in [-0.1, -0.05) is 13.8 Å². The highest BCUT2D eigenvalue weighted by Gasteiger charge is 2.47. The summed E-state index contributed by atoms with van der Waals surface area (Å²) in [7, 11) is 0. The lowest BCUT2D eigenvalue weighted by molar-refractivity contribution is -0.162. The number of ether oxygens (including phenoxy) is 2. The molecule has 1 saturated heterocycles. The summed E-state index contributed by atoms with van der Waals surface area (Å²) in [5.41, 5.74) is 1.65. The van der Waals surface area contributed by atoms with Crippen LogP contribution < -0.4 is 4.74 Å². The third-order valence-electron chi connectivity index (χ3n) is 4.00. The molecule has 2 aliphatic heterocycles. The molecule has 1 N–H and O–H groups in total.